The second kappa shape index (κ2) is 16.8. The lowest BCUT2D eigenvalue weighted by Gasteiger charge is -2.53. The van der Waals surface area contributed by atoms with Crippen molar-refractivity contribution in [2.45, 2.75) is 120 Å². The summed E-state index contributed by atoms with van der Waals surface area (Å²) in [6.45, 7) is 1.91. The third kappa shape index (κ3) is 7.60. The number of primary amides is 2. The highest BCUT2D eigenvalue weighted by atomic mass is 16.4. The van der Waals surface area contributed by atoms with Gasteiger partial charge in [0.15, 0.2) is 11.5 Å². The van der Waals surface area contributed by atoms with Gasteiger partial charge in [0.1, 0.15) is 17.9 Å². The molecule has 19 heteroatoms. The predicted molar refractivity (Wildman–Crippen MR) is 188 cm³/mol. The van der Waals surface area contributed by atoms with Gasteiger partial charge < -0.3 is 43.5 Å². The number of nitrogens with one attached hydrogen (secondary N) is 1. The van der Waals surface area contributed by atoms with Crippen molar-refractivity contribution >= 4 is 53.6 Å². The zero-order valence-electron chi connectivity index (χ0n) is 29.7. The number of rotatable bonds is 16. The summed E-state index contributed by atoms with van der Waals surface area (Å²) in [6.07, 6.45) is 5.03. The molecule has 6 amide bonds. The molecule has 0 aromatic carbocycles. The average molecular weight is 732 g/mol. The lowest BCUT2D eigenvalue weighted by atomic mass is 9.68. The van der Waals surface area contributed by atoms with Crippen LogP contribution in [-0.4, -0.2) is 122 Å². The third-order valence-electron chi connectivity index (χ3n) is 11.2. The number of fused-ring (bicyclic) bond motifs is 1. The zero-order chi connectivity index (χ0) is 38.4. The first-order valence-corrected chi connectivity index (χ1v) is 18.1. The number of aliphatic carboxylic acids is 1. The molecule has 0 spiro atoms. The highest BCUT2D eigenvalue weighted by molar-refractivity contribution is 6.20. The normalized spacial score (nSPS) is 26.1. The number of urea groups is 1. The number of imide groups is 1. The Hall–Kier alpha value is -4.65. The fraction of sp³-hybridized carbons (Fsp3) is 0.727. The summed E-state index contributed by atoms with van der Waals surface area (Å²) in [7, 11) is 0. The van der Waals surface area contributed by atoms with E-state index in [1.54, 1.807) is 6.92 Å². The van der Waals surface area contributed by atoms with Crippen LogP contribution in [-0.2, 0) is 28.8 Å². The number of aliphatic imine (C=N–C) groups is 1. The van der Waals surface area contributed by atoms with Crippen LogP contribution in [0.25, 0.3) is 0 Å². The van der Waals surface area contributed by atoms with E-state index in [1.165, 1.54) is 4.90 Å². The monoisotopic (exact) mass is 731 g/mol. The van der Waals surface area contributed by atoms with E-state index in [0.29, 0.717) is 32.0 Å². The van der Waals surface area contributed by atoms with Crippen molar-refractivity contribution in [2.24, 2.45) is 50.6 Å². The van der Waals surface area contributed by atoms with Gasteiger partial charge in [0.25, 0.3) is 11.8 Å². The maximum atomic E-state index is 14.7. The number of carbonyl (C=O) groups is 7. The van der Waals surface area contributed by atoms with E-state index in [-0.39, 0.29) is 69.3 Å². The molecule has 2 aliphatic heterocycles. The largest absolute Gasteiger partial charge is 0.481 e. The molecule has 4 rings (SSSR count). The van der Waals surface area contributed by atoms with Gasteiger partial charge in [0, 0.05) is 19.5 Å². The van der Waals surface area contributed by atoms with Gasteiger partial charge in [0.2, 0.25) is 11.8 Å². The van der Waals surface area contributed by atoms with Crippen LogP contribution in [0.5, 0.6) is 0 Å². The molecule has 1 saturated heterocycles. The molecule has 0 radical (unpaired) electrons. The first-order valence-electron chi connectivity index (χ1n) is 18.1. The van der Waals surface area contributed by atoms with Crippen LogP contribution in [0.3, 0.4) is 0 Å². The van der Waals surface area contributed by atoms with Crippen molar-refractivity contribution in [2.75, 3.05) is 19.6 Å². The minimum absolute atomic E-state index is 0.0626. The zero-order valence-corrected chi connectivity index (χ0v) is 29.7. The Morgan fingerprint density at radius 3 is 2.33 bits per heavy atom. The topological polar surface area (TPSA) is 316 Å². The summed E-state index contributed by atoms with van der Waals surface area (Å²) >= 11 is 0. The van der Waals surface area contributed by atoms with E-state index >= 15 is 0 Å². The summed E-state index contributed by atoms with van der Waals surface area (Å²) < 4.78 is 0. The Morgan fingerprint density at radius 2 is 1.77 bits per heavy atom. The number of likely N-dealkylation sites (tertiary alicyclic amines) is 1. The molecule has 0 bridgehead atoms. The lowest BCUT2D eigenvalue weighted by Crippen LogP contribution is -2.77. The van der Waals surface area contributed by atoms with E-state index < -0.39 is 77.2 Å². The first-order chi connectivity index (χ1) is 24.7. The number of hydrogen-bond acceptors (Lipinski definition) is 11. The summed E-state index contributed by atoms with van der Waals surface area (Å²) in [5.41, 5.74) is 25.2. The molecule has 19 nitrogen and oxygen atoms in total. The highest BCUT2D eigenvalue weighted by Crippen LogP contribution is 2.42. The Balaban J connectivity index is 1.69. The molecule has 4 aliphatic rings. The van der Waals surface area contributed by atoms with Gasteiger partial charge in [-0.25, -0.2) is 4.79 Å². The molecule has 3 fully saturated rings. The van der Waals surface area contributed by atoms with Crippen molar-refractivity contribution in [3.8, 4) is 0 Å². The number of guanidine groups is 1. The predicted octanol–water partition coefficient (Wildman–Crippen LogP) is -1.54. The molecule has 6 atom stereocenters. The van der Waals surface area contributed by atoms with Crippen molar-refractivity contribution < 1.29 is 38.7 Å². The van der Waals surface area contributed by atoms with Crippen LogP contribution in [0.15, 0.2) is 10.1 Å². The van der Waals surface area contributed by atoms with Gasteiger partial charge in [-0.15, -0.1) is 0 Å². The smallest absolute Gasteiger partial charge is 0.336 e. The van der Waals surface area contributed by atoms with Crippen molar-refractivity contribution in [1.29, 1.82) is 0 Å². The van der Waals surface area contributed by atoms with E-state index in [0.717, 1.165) is 29.2 Å². The van der Waals surface area contributed by atoms with Crippen LogP contribution in [0.1, 0.15) is 90.4 Å². The summed E-state index contributed by atoms with van der Waals surface area (Å²) in [6, 6.07) is -4.56. The molecule has 2 heterocycles. The number of nitrogens with zero attached hydrogens (tertiary/aromatic N) is 5. The maximum absolute atomic E-state index is 14.7. The molecule has 12 N–H and O–H groups in total. The van der Waals surface area contributed by atoms with Gasteiger partial charge in [-0.3, -0.25) is 39.2 Å². The van der Waals surface area contributed by atoms with Crippen molar-refractivity contribution in [1.82, 2.24) is 20.1 Å². The van der Waals surface area contributed by atoms with Crippen LogP contribution >= 0.6 is 0 Å². The highest BCUT2D eigenvalue weighted by Gasteiger charge is 2.62. The molecule has 2 saturated carbocycles. The van der Waals surface area contributed by atoms with Gasteiger partial charge in [-0.1, -0.05) is 26.2 Å². The third-order valence-corrected chi connectivity index (χ3v) is 11.2. The van der Waals surface area contributed by atoms with E-state index in [1.807, 2.05) is 0 Å². The number of carboxylic acids is 1. The van der Waals surface area contributed by atoms with E-state index in [2.05, 4.69) is 15.4 Å². The van der Waals surface area contributed by atoms with Crippen LogP contribution in [0, 0.1) is 11.8 Å². The number of carboxylic acid groups (broad SMARTS) is 1. The standard InChI is InChI=1S/C33H53N11O8/c1-2-23(46)43(32(18-45,12-7-14-39-30(36)37)20-8-4-3-5-9-20)28(50)22-10-6-15-42(22)27(49)21(16-24(47)48)40-25-19(17-34)11-13-33(29(35)51)26(25)41-44(33)31(38)52/h18-22,25,40H,2-17,34H2,1H3,(H2,35,51)(H2,38,52)(H,47,48)(H4,36,37,39)/t19?,21-,22-,25+,32+,33-/m0/s1. The average Bonchev–Trinajstić information content (AvgIpc) is 3.59. The fourth-order valence-electron chi connectivity index (χ4n) is 8.58. The number of aldehydes is 1. The van der Waals surface area contributed by atoms with Crippen LogP contribution in [0.2, 0.25) is 0 Å². The number of hydrogen-bond donors (Lipinski definition) is 7. The molecule has 2 aliphatic carbocycles. The van der Waals surface area contributed by atoms with E-state index in [4.69, 9.17) is 28.7 Å². The maximum Gasteiger partial charge on any atom is 0.336 e. The quantitative estimate of drug-likeness (QED) is 0.0411. The Bertz CT molecular complexity index is 1480. The summed E-state index contributed by atoms with van der Waals surface area (Å²) in [5, 5.41) is 17.9. The summed E-state index contributed by atoms with van der Waals surface area (Å²) in [4.78, 5) is 99.6. The van der Waals surface area contributed by atoms with Crippen LogP contribution < -0.4 is 34.0 Å². The van der Waals surface area contributed by atoms with Gasteiger partial charge in [-0.2, -0.15) is 10.1 Å². The Labute approximate surface area is 302 Å². The fourth-order valence-corrected chi connectivity index (χ4v) is 8.58. The minimum atomic E-state index is -1.67. The molecular formula is C33H53N11O8. The molecular weight excluding hydrogens is 678 g/mol. The Morgan fingerprint density at radius 1 is 1.08 bits per heavy atom. The van der Waals surface area contributed by atoms with Gasteiger partial charge >= 0.3 is 12.0 Å². The second-order valence-electron chi connectivity index (χ2n) is 14.2. The molecule has 52 heavy (non-hydrogen) atoms. The number of hydrazone groups is 1. The summed E-state index contributed by atoms with van der Waals surface area (Å²) in [5.74, 6) is -5.11. The van der Waals surface area contributed by atoms with Crippen molar-refractivity contribution in [3.63, 3.8) is 0 Å². The number of nitrogens with two attached hydrogens (primary N) is 5. The minimum Gasteiger partial charge on any atom is -0.481 e. The number of carbonyl (C=O) groups excluding carboxylic acids is 6. The van der Waals surface area contributed by atoms with Crippen LogP contribution in [0.4, 0.5) is 4.79 Å². The van der Waals surface area contributed by atoms with E-state index in [9.17, 15) is 38.7 Å². The Kier molecular flexibility index (Phi) is 13.0. The first kappa shape index (κ1) is 40.1. The molecule has 288 valence electrons. The molecule has 0 aromatic heterocycles. The van der Waals surface area contributed by atoms with Crippen molar-refractivity contribution in [3.05, 3.63) is 0 Å². The molecule has 1 unspecified atom stereocenters. The lowest BCUT2D eigenvalue weighted by molar-refractivity contribution is -0.164. The SMILES string of the molecule is CCC(=O)N(C(=O)[C@@H]1CCCN1C(=O)[C@H](CC(=O)O)N[C@H]1C2=NN(C(N)=O)[C@@]2(C(N)=O)CCC1CN)[C@@](C=O)(CCCN=C(N)N)C1CCCCC1. The number of amides is 6. The van der Waals surface area contributed by atoms with Gasteiger partial charge in [-0.05, 0) is 69.7 Å². The molecule has 0 aromatic rings. The second-order valence-corrected chi connectivity index (χ2v) is 14.2. The van der Waals surface area contributed by atoms with Gasteiger partial charge in [0.05, 0.1) is 24.2 Å².